The molecule has 2 N–H and O–H groups in total. The first-order valence-electron chi connectivity index (χ1n) is 8.02. The fourth-order valence-electron chi connectivity index (χ4n) is 2.31. The number of nitrogens with zero attached hydrogens (tertiary/aromatic N) is 2. The molecule has 0 spiro atoms. The second-order valence-corrected chi connectivity index (χ2v) is 6.09. The van der Waals surface area contributed by atoms with Gasteiger partial charge in [0.2, 0.25) is 0 Å². The van der Waals surface area contributed by atoms with Crippen molar-refractivity contribution in [3.63, 3.8) is 0 Å². The molecule has 4 rings (SSSR count). The number of rotatable bonds is 4. The predicted octanol–water partition coefficient (Wildman–Crippen LogP) is 4.74. The van der Waals surface area contributed by atoms with E-state index in [2.05, 4.69) is 44.5 Å². The van der Waals surface area contributed by atoms with Gasteiger partial charge in [-0.2, -0.15) is 0 Å². The van der Waals surface area contributed by atoms with Gasteiger partial charge in [-0.3, -0.25) is 4.79 Å². The molecule has 0 saturated carbocycles. The molecule has 0 atom stereocenters. The topological polar surface area (TPSA) is 70.7 Å². The first kappa shape index (κ1) is 17.6. The number of benzene rings is 2. The van der Waals surface area contributed by atoms with Crippen LogP contribution in [0.4, 0.5) is 5.69 Å². The maximum Gasteiger partial charge on any atom is 0.169 e. The zero-order valence-electron chi connectivity index (χ0n) is 14.2. The van der Waals surface area contributed by atoms with Gasteiger partial charge in [0.05, 0.1) is 17.4 Å². The number of H-pyrrole nitrogens is 1. The van der Waals surface area contributed by atoms with Crippen LogP contribution in [0.3, 0.4) is 0 Å². The Bertz CT molecular complexity index is 932. The molecule has 0 unspecified atom stereocenters. The number of nitrogens with one attached hydrogen (secondary N) is 2. The minimum Gasteiger partial charge on any atom is -0.388 e. The zero-order chi connectivity index (χ0) is 18.2. The quantitative estimate of drug-likeness (QED) is 0.514. The van der Waals surface area contributed by atoms with Crippen molar-refractivity contribution in [1.82, 2.24) is 15.0 Å². The van der Waals surface area contributed by atoms with Gasteiger partial charge in [0.25, 0.3) is 0 Å². The molecule has 0 fully saturated rings. The molecule has 2 heterocycles. The van der Waals surface area contributed by atoms with Crippen LogP contribution in [-0.2, 0) is 0 Å². The largest absolute Gasteiger partial charge is 0.388 e. The van der Waals surface area contributed by atoms with E-state index < -0.39 is 0 Å². The molecule has 2 aromatic carbocycles. The number of aromatic nitrogens is 3. The molecule has 4 aromatic rings. The molecule has 0 radical (unpaired) electrons. The lowest BCUT2D eigenvalue weighted by Gasteiger charge is -2.01. The molecule has 5 nitrogen and oxygen atoms in total. The number of imidazole rings is 1. The Morgan fingerprint density at radius 1 is 1.00 bits per heavy atom. The third-order valence-electron chi connectivity index (χ3n) is 3.68. The fourth-order valence-corrected chi connectivity index (χ4v) is 2.81. The zero-order valence-corrected chi connectivity index (χ0v) is 15.0. The van der Waals surface area contributed by atoms with Gasteiger partial charge in [-0.05, 0) is 17.7 Å². The van der Waals surface area contributed by atoms with E-state index in [4.69, 9.17) is 0 Å². The lowest BCUT2D eigenvalue weighted by Crippen LogP contribution is -1.87. The van der Waals surface area contributed by atoms with Gasteiger partial charge in [0.1, 0.15) is 11.5 Å². The highest BCUT2D eigenvalue weighted by Crippen LogP contribution is 2.23. The summed E-state index contributed by atoms with van der Waals surface area (Å²) in [7, 11) is 1.92. The number of hydrogen-bond donors (Lipinski definition) is 2. The molecule has 0 aliphatic rings. The number of carbonyl (C=O) groups is 1. The number of anilines is 1. The molecule has 0 aliphatic heterocycles. The number of thiazole rings is 1. The molecule has 0 bridgehead atoms. The highest BCUT2D eigenvalue weighted by Gasteiger charge is 2.04. The molecule has 0 aliphatic carbocycles. The second kappa shape index (κ2) is 8.73. The average Bonchev–Trinajstić information content (AvgIpc) is 3.41. The van der Waals surface area contributed by atoms with Crippen molar-refractivity contribution in [3.8, 4) is 22.6 Å². The lowest BCUT2D eigenvalue weighted by molar-refractivity contribution is 0.111. The van der Waals surface area contributed by atoms with Crippen LogP contribution in [0.25, 0.3) is 22.6 Å². The van der Waals surface area contributed by atoms with E-state index in [1.807, 2.05) is 43.6 Å². The van der Waals surface area contributed by atoms with Crippen molar-refractivity contribution in [2.45, 2.75) is 0 Å². The van der Waals surface area contributed by atoms with Crippen molar-refractivity contribution >= 4 is 23.3 Å². The van der Waals surface area contributed by atoms with E-state index in [0.717, 1.165) is 34.6 Å². The summed E-state index contributed by atoms with van der Waals surface area (Å²) in [5, 5.41) is 4.81. The van der Waals surface area contributed by atoms with Gasteiger partial charge in [-0.25, -0.2) is 9.97 Å². The first-order valence-corrected chi connectivity index (χ1v) is 8.96. The molecule has 26 heavy (non-hydrogen) atoms. The van der Waals surface area contributed by atoms with E-state index in [1.165, 1.54) is 11.3 Å². The lowest BCUT2D eigenvalue weighted by atomic mass is 10.1. The Labute approximate surface area is 155 Å². The Morgan fingerprint density at radius 2 is 1.77 bits per heavy atom. The molecular weight excluding hydrogens is 344 g/mol. The van der Waals surface area contributed by atoms with Crippen molar-refractivity contribution in [2.24, 2.45) is 0 Å². The van der Waals surface area contributed by atoms with E-state index in [9.17, 15) is 4.79 Å². The van der Waals surface area contributed by atoms with Crippen LogP contribution in [0.15, 0.2) is 71.7 Å². The number of carbonyl (C=O) groups excluding carboxylic acids is 1. The summed E-state index contributed by atoms with van der Waals surface area (Å²) in [6, 6.07) is 18.4. The fraction of sp³-hybridized carbons (Fsp3) is 0.0500. The summed E-state index contributed by atoms with van der Waals surface area (Å²) in [6.07, 6.45) is 2.60. The van der Waals surface area contributed by atoms with Gasteiger partial charge in [0.15, 0.2) is 6.29 Å². The second-order valence-electron chi connectivity index (χ2n) is 5.37. The highest BCUT2D eigenvalue weighted by atomic mass is 32.1. The van der Waals surface area contributed by atoms with Crippen LogP contribution in [0.2, 0.25) is 0 Å². The third-order valence-corrected chi connectivity index (χ3v) is 4.28. The number of aldehydes is 1. The van der Waals surface area contributed by atoms with Crippen molar-refractivity contribution in [2.75, 3.05) is 12.4 Å². The van der Waals surface area contributed by atoms with Crippen LogP contribution in [0, 0.1) is 0 Å². The van der Waals surface area contributed by atoms with E-state index in [0.29, 0.717) is 5.69 Å². The van der Waals surface area contributed by atoms with Crippen molar-refractivity contribution in [3.05, 3.63) is 77.4 Å². The van der Waals surface area contributed by atoms with Crippen LogP contribution in [0.5, 0.6) is 0 Å². The minimum atomic E-state index is 0.519. The van der Waals surface area contributed by atoms with Crippen LogP contribution in [-0.4, -0.2) is 28.3 Å². The van der Waals surface area contributed by atoms with Crippen molar-refractivity contribution in [1.29, 1.82) is 0 Å². The standard InChI is InChI=1S/C16H15N3.C4H3NOS/c1-17-14-9-7-12(8-10-14)15-11-18-16(19-15)13-5-3-2-4-6-13;6-1-4-2-7-3-5-4/h2-11,17H,1H3,(H,18,19);1-3H. The van der Waals surface area contributed by atoms with E-state index in [1.54, 1.807) is 10.9 Å². The van der Waals surface area contributed by atoms with Gasteiger partial charge in [-0.15, -0.1) is 11.3 Å². The van der Waals surface area contributed by atoms with E-state index >= 15 is 0 Å². The molecule has 0 amide bonds. The molecule has 2 aromatic heterocycles. The van der Waals surface area contributed by atoms with Crippen LogP contribution < -0.4 is 5.32 Å². The summed E-state index contributed by atoms with van der Waals surface area (Å²) in [5.74, 6) is 0.897. The first-order chi connectivity index (χ1) is 12.8. The maximum absolute atomic E-state index is 9.81. The van der Waals surface area contributed by atoms with Crippen LogP contribution in [0.1, 0.15) is 10.5 Å². The summed E-state index contributed by atoms with van der Waals surface area (Å²) < 4.78 is 0. The van der Waals surface area contributed by atoms with E-state index in [-0.39, 0.29) is 0 Å². The molecule has 130 valence electrons. The van der Waals surface area contributed by atoms with Gasteiger partial charge in [0, 0.05) is 23.7 Å². The van der Waals surface area contributed by atoms with Gasteiger partial charge >= 0.3 is 0 Å². The third kappa shape index (κ3) is 4.43. The molecule has 6 heteroatoms. The predicted molar refractivity (Wildman–Crippen MR) is 107 cm³/mol. The van der Waals surface area contributed by atoms with Crippen LogP contribution >= 0.6 is 11.3 Å². The van der Waals surface area contributed by atoms with Crippen molar-refractivity contribution < 1.29 is 4.79 Å². The Morgan fingerprint density at radius 3 is 2.35 bits per heavy atom. The summed E-state index contributed by atoms with van der Waals surface area (Å²) in [4.78, 5) is 21.3. The summed E-state index contributed by atoms with van der Waals surface area (Å²) in [6.45, 7) is 0. The normalized spacial score (nSPS) is 9.88. The Kier molecular flexibility index (Phi) is 5.90. The number of aromatic amines is 1. The maximum atomic E-state index is 9.81. The number of hydrogen-bond acceptors (Lipinski definition) is 5. The molecule has 0 saturated heterocycles. The van der Waals surface area contributed by atoms with Gasteiger partial charge < -0.3 is 10.3 Å². The minimum absolute atomic E-state index is 0.519. The Hall–Kier alpha value is -3.25. The molecular formula is C20H18N4OS. The SMILES string of the molecule is CNc1ccc(-c2cnc(-c3ccccc3)[nH]2)cc1.O=Cc1cscn1. The monoisotopic (exact) mass is 362 g/mol. The summed E-state index contributed by atoms with van der Waals surface area (Å²) >= 11 is 1.42. The smallest absolute Gasteiger partial charge is 0.169 e. The Balaban J connectivity index is 0.000000236. The highest BCUT2D eigenvalue weighted by molar-refractivity contribution is 7.07. The average molecular weight is 362 g/mol. The summed E-state index contributed by atoms with van der Waals surface area (Å²) in [5.41, 5.74) is 6.51. The van der Waals surface area contributed by atoms with Gasteiger partial charge in [-0.1, -0.05) is 42.5 Å².